The lowest BCUT2D eigenvalue weighted by molar-refractivity contribution is 0.158. The molecule has 0 bridgehead atoms. The van der Waals surface area contributed by atoms with Gasteiger partial charge in [-0.15, -0.1) is 0 Å². The Morgan fingerprint density at radius 2 is 1.38 bits per heavy atom. The Bertz CT molecular complexity index is 251. The van der Waals surface area contributed by atoms with Gasteiger partial charge < -0.3 is 8.85 Å². The zero-order valence-electron chi connectivity index (χ0n) is 10.4. The first-order valence-electron chi connectivity index (χ1n) is 5.22. The third-order valence-corrected chi connectivity index (χ3v) is 6.27. The van der Waals surface area contributed by atoms with Crippen LogP contribution in [0.1, 0.15) is 34.6 Å². The van der Waals surface area contributed by atoms with Crippen molar-refractivity contribution in [1.29, 1.82) is 0 Å². The average Bonchev–Trinajstić information content (AvgIpc) is 2.14. The van der Waals surface area contributed by atoms with Crippen LogP contribution in [-0.4, -0.2) is 21.8 Å². The average molecular weight is 256 g/mol. The molecule has 0 aromatic heterocycles. The molecule has 0 aliphatic rings. The highest BCUT2D eigenvalue weighted by molar-refractivity contribution is 6.77. The second kappa shape index (κ2) is 5.84. The van der Waals surface area contributed by atoms with Crippen molar-refractivity contribution >= 4 is 8.56 Å². The molecule has 0 fully saturated rings. The molecule has 0 heterocycles. The molecule has 0 radical (unpaired) electrons. The number of hydrogen-bond acceptors (Lipinski definition) is 2. The molecule has 0 aromatic rings. The fourth-order valence-electron chi connectivity index (χ4n) is 1.46. The van der Waals surface area contributed by atoms with Crippen LogP contribution < -0.4 is 0 Å². The van der Waals surface area contributed by atoms with Gasteiger partial charge in [-0.2, -0.15) is 8.78 Å². The predicted octanol–water partition coefficient (Wildman–Crippen LogP) is 3.92. The first-order valence-corrected chi connectivity index (χ1v) is 7.03. The van der Waals surface area contributed by atoms with Crippen LogP contribution in [0, 0.1) is 0 Å². The molecule has 0 aromatic carbocycles. The van der Waals surface area contributed by atoms with Crippen LogP contribution in [0.25, 0.3) is 0 Å². The Balaban J connectivity index is 5.53. The van der Waals surface area contributed by atoms with E-state index in [1.807, 2.05) is 0 Å². The van der Waals surface area contributed by atoms with E-state index in [1.54, 1.807) is 34.6 Å². The summed E-state index contributed by atoms with van der Waals surface area (Å²) >= 11 is 0. The van der Waals surface area contributed by atoms with Crippen molar-refractivity contribution in [2.24, 2.45) is 0 Å². The molecule has 0 aliphatic carbocycles. The minimum atomic E-state index is -3.70. The molecule has 0 unspecified atom stereocenters. The van der Waals surface area contributed by atoms with Crippen LogP contribution in [0.3, 0.4) is 0 Å². The van der Waals surface area contributed by atoms with Gasteiger partial charge in [-0.1, -0.05) is 20.8 Å². The second-order valence-electron chi connectivity index (χ2n) is 4.31. The molecule has 0 saturated carbocycles. The van der Waals surface area contributed by atoms with Gasteiger partial charge in [0, 0.05) is 18.3 Å². The van der Waals surface area contributed by atoms with E-state index >= 15 is 0 Å². The molecule has 6 heteroatoms. The van der Waals surface area contributed by atoms with Gasteiger partial charge in [0.05, 0.1) is 0 Å². The lowest BCUT2D eigenvalue weighted by Crippen LogP contribution is -2.52. The summed E-state index contributed by atoms with van der Waals surface area (Å²) in [7, 11) is -3.70. The summed E-state index contributed by atoms with van der Waals surface area (Å²) in [6.07, 6.45) is -2.34. The maximum absolute atomic E-state index is 13.7. The zero-order valence-corrected chi connectivity index (χ0v) is 11.4. The second-order valence-corrected chi connectivity index (χ2v) is 8.06. The summed E-state index contributed by atoms with van der Waals surface area (Å²) in [4.78, 5) is 0. The zero-order chi connectivity index (χ0) is 13.0. The summed E-state index contributed by atoms with van der Waals surface area (Å²) in [5.74, 6) is 0. The summed E-state index contributed by atoms with van der Waals surface area (Å²) in [5, 5.41) is -0.799. The SMILES string of the molecule is CCO[Si](OCC)(C(F)=C(F)F)C(C)(C)C. The monoisotopic (exact) mass is 256 g/mol. The van der Waals surface area contributed by atoms with Gasteiger partial charge in [0.15, 0.2) is 0 Å². The van der Waals surface area contributed by atoms with Crippen molar-refractivity contribution in [3.8, 4) is 0 Å². The molecule has 0 atom stereocenters. The highest BCUT2D eigenvalue weighted by Gasteiger charge is 2.56. The van der Waals surface area contributed by atoms with E-state index in [0.717, 1.165) is 0 Å². The lowest BCUT2D eigenvalue weighted by Gasteiger charge is -2.38. The highest BCUT2D eigenvalue weighted by Crippen LogP contribution is 2.44. The molecule has 0 aliphatic heterocycles. The Kier molecular flexibility index (Phi) is 5.71. The maximum Gasteiger partial charge on any atom is 0.414 e. The van der Waals surface area contributed by atoms with Crippen LogP contribution in [0.15, 0.2) is 11.5 Å². The van der Waals surface area contributed by atoms with Gasteiger partial charge in [-0.25, -0.2) is 4.39 Å². The molecule has 2 nitrogen and oxygen atoms in total. The predicted molar refractivity (Wildman–Crippen MR) is 59.1 cm³/mol. The molecule has 0 N–H and O–H groups in total. The smallest absolute Gasteiger partial charge is 0.390 e. The summed E-state index contributed by atoms with van der Waals surface area (Å²) in [6.45, 7) is 8.49. The highest BCUT2D eigenvalue weighted by atomic mass is 28.4. The minimum Gasteiger partial charge on any atom is -0.390 e. The van der Waals surface area contributed by atoms with Gasteiger partial charge in [-0.05, 0) is 13.8 Å². The molecule has 16 heavy (non-hydrogen) atoms. The Morgan fingerprint density at radius 1 is 1.00 bits per heavy atom. The van der Waals surface area contributed by atoms with E-state index in [9.17, 15) is 13.2 Å². The van der Waals surface area contributed by atoms with E-state index < -0.39 is 25.1 Å². The standard InChI is InChI=1S/C10H19F3O2Si/c1-6-14-16(15-7-2,10(3,4)5)9(13)8(11)12/h6-7H2,1-5H3. The van der Waals surface area contributed by atoms with Crippen molar-refractivity contribution in [3.63, 3.8) is 0 Å². The van der Waals surface area contributed by atoms with E-state index in [1.165, 1.54) is 0 Å². The van der Waals surface area contributed by atoms with E-state index in [4.69, 9.17) is 8.85 Å². The summed E-state index contributed by atoms with van der Waals surface area (Å²) in [6, 6.07) is 0. The third kappa shape index (κ3) is 3.08. The fourth-order valence-corrected chi connectivity index (χ4v) is 4.38. The molecular weight excluding hydrogens is 237 g/mol. The van der Waals surface area contributed by atoms with Crippen LogP contribution in [0.4, 0.5) is 13.2 Å². The first-order chi connectivity index (χ1) is 7.23. The molecular formula is C10H19F3O2Si. The number of rotatable bonds is 5. The van der Waals surface area contributed by atoms with Gasteiger partial charge in [-0.3, -0.25) is 0 Å². The van der Waals surface area contributed by atoms with Gasteiger partial charge in [0.2, 0.25) is 5.45 Å². The lowest BCUT2D eigenvalue weighted by atomic mass is 10.2. The van der Waals surface area contributed by atoms with Crippen molar-refractivity contribution in [2.45, 2.75) is 39.7 Å². The number of halogens is 3. The molecule has 0 spiro atoms. The maximum atomic E-state index is 13.7. The van der Waals surface area contributed by atoms with Crippen LogP contribution in [0.5, 0.6) is 0 Å². The topological polar surface area (TPSA) is 18.5 Å². The van der Waals surface area contributed by atoms with E-state index in [2.05, 4.69) is 0 Å². The van der Waals surface area contributed by atoms with Crippen LogP contribution >= 0.6 is 0 Å². The number of hydrogen-bond donors (Lipinski definition) is 0. The normalized spacial score (nSPS) is 12.8. The largest absolute Gasteiger partial charge is 0.414 e. The first kappa shape index (κ1) is 15.7. The Morgan fingerprint density at radius 3 is 1.56 bits per heavy atom. The van der Waals surface area contributed by atoms with Crippen molar-refractivity contribution in [2.75, 3.05) is 13.2 Å². The van der Waals surface area contributed by atoms with Crippen molar-refractivity contribution in [3.05, 3.63) is 11.5 Å². The van der Waals surface area contributed by atoms with Gasteiger partial charge in [0.25, 0.3) is 0 Å². The third-order valence-electron chi connectivity index (χ3n) is 2.14. The van der Waals surface area contributed by atoms with Gasteiger partial charge in [0.1, 0.15) is 0 Å². The quantitative estimate of drug-likeness (QED) is 0.694. The minimum absolute atomic E-state index is 0.143. The molecule has 0 rings (SSSR count). The van der Waals surface area contributed by atoms with Crippen LogP contribution in [0.2, 0.25) is 5.04 Å². The van der Waals surface area contributed by atoms with Crippen LogP contribution in [-0.2, 0) is 8.85 Å². The van der Waals surface area contributed by atoms with Crippen molar-refractivity contribution < 1.29 is 22.0 Å². The molecule has 0 amide bonds. The molecule has 96 valence electrons. The van der Waals surface area contributed by atoms with Crippen molar-refractivity contribution in [1.82, 2.24) is 0 Å². The Labute approximate surface area is 95.7 Å². The summed E-state index contributed by atoms with van der Waals surface area (Å²) < 4.78 is 49.1. The summed E-state index contributed by atoms with van der Waals surface area (Å²) in [5.41, 5.74) is -1.51. The Hall–Kier alpha value is -0.333. The van der Waals surface area contributed by atoms with E-state index in [0.29, 0.717) is 0 Å². The fraction of sp³-hybridized carbons (Fsp3) is 0.800. The molecule has 0 saturated heterocycles. The van der Waals surface area contributed by atoms with E-state index in [-0.39, 0.29) is 13.2 Å². The van der Waals surface area contributed by atoms with Gasteiger partial charge >= 0.3 is 14.6 Å².